The van der Waals surface area contributed by atoms with Gasteiger partial charge < -0.3 is 10.1 Å². The molecule has 0 aromatic rings. The zero-order valence-electron chi connectivity index (χ0n) is 11.2. The minimum absolute atomic E-state index is 0.428. The van der Waals surface area contributed by atoms with Gasteiger partial charge in [0.05, 0.1) is 6.10 Å². The van der Waals surface area contributed by atoms with Crippen molar-refractivity contribution in [1.29, 1.82) is 0 Å². The van der Waals surface area contributed by atoms with Gasteiger partial charge in [0.1, 0.15) is 0 Å². The van der Waals surface area contributed by atoms with Crippen molar-refractivity contribution in [3.63, 3.8) is 0 Å². The molecule has 0 amide bonds. The Bertz CT molecular complexity index is 267. The molecular formula is C14H26N2O. The predicted molar refractivity (Wildman–Crippen MR) is 69.1 cm³/mol. The lowest BCUT2D eigenvalue weighted by molar-refractivity contribution is 0.0164. The maximum Gasteiger partial charge on any atom is 0.0703 e. The molecule has 0 spiro atoms. The molecule has 3 nitrogen and oxygen atoms in total. The third kappa shape index (κ3) is 2.51. The average molecular weight is 238 g/mol. The lowest BCUT2D eigenvalue weighted by Gasteiger charge is -2.46. The van der Waals surface area contributed by atoms with E-state index >= 15 is 0 Å². The summed E-state index contributed by atoms with van der Waals surface area (Å²) in [6.07, 6.45) is 7.25. The van der Waals surface area contributed by atoms with E-state index in [1.807, 2.05) is 0 Å². The van der Waals surface area contributed by atoms with E-state index in [4.69, 9.17) is 4.74 Å². The molecular weight excluding hydrogens is 212 g/mol. The summed E-state index contributed by atoms with van der Waals surface area (Å²) in [6, 6.07) is 2.31. The van der Waals surface area contributed by atoms with Crippen LogP contribution in [0.2, 0.25) is 0 Å². The Morgan fingerprint density at radius 3 is 2.47 bits per heavy atom. The molecule has 3 rings (SSSR count). The number of ether oxygens (including phenoxy) is 1. The molecule has 1 aliphatic heterocycles. The zero-order chi connectivity index (χ0) is 11.8. The van der Waals surface area contributed by atoms with Gasteiger partial charge in [-0.2, -0.15) is 0 Å². The van der Waals surface area contributed by atoms with Crippen LogP contribution < -0.4 is 5.32 Å². The second-order valence-corrected chi connectivity index (χ2v) is 6.18. The van der Waals surface area contributed by atoms with Crippen LogP contribution in [0, 0.1) is 5.92 Å². The van der Waals surface area contributed by atoms with E-state index in [2.05, 4.69) is 24.2 Å². The van der Waals surface area contributed by atoms with Crippen LogP contribution in [-0.4, -0.2) is 49.3 Å². The summed E-state index contributed by atoms with van der Waals surface area (Å²) in [4.78, 5) is 2.61. The molecule has 3 aliphatic rings. The van der Waals surface area contributed by atoms with Gasteiger partial charge in [-0.15, -0.1) is 0 Å². The van der Waals surface area contributed by atoms with E-state index in [0.29, 0.717) is 12.1 Å². The largest absolute Gasteiger partial charge is 0.377 e. The minimum atomic E-state index is 0.428. The van der Waals surface area contributed by atoms with Crippen molar-refractivity contribution in [2.45, 2.75) is 63.3 Å². The van der Waals surface area contributed by atoms with Crippen molar-refractivity contribution in [3.8, 4) is 0 Å². The monoisotopic (exact) mass is 238 g/mol. The lowest BCUT2D eigenvalue weighted by atomic mass is 9.77. The molecule has 0 bridgehead atoms. The molecule has 98 valence electrons. The molecule has 1 heterocycles. The van der Waals surface area contributed by atoms with Crippen LogP contribution in [0.15, 0.2) is 0 Å². The number of likely N-dealkylation sites (N-methyl/N-ethyl adjacent to an activating group) is 1. The Balaban J connectivity index is 1.48. The van der Waals surface area contributed by atoms with Crippen LogP contribution in [0.5, 0.6) is 0 Å². The summed E-state index contributed by atoms with van der Waals surface area (Å²) in [6.45, 7) is 4.42. The van der Waals surface area contributed by atoms with E-state index in [0.717, 1.165) is 24.6 Å². The number of rotatable bonds is 5. The van der Waals surface area contributed by atoms with E-state index in [9.17, 15) is 0 Å². The molecule has 1 saturated heterocycles. The highest BCUT2D eigenvalue weighted by Gasteiger charge is 2.40. The van der Waals surface area contributed by atoms with Crippen LogP contribution in [0.1, 0.15) is 39.0 Å². The second-order valence-electron chi connectivity index (χ2n) is 6.18. The normalized spacial score (nSPS) is 41.8. The zero-order valence-corrected chi connectivity index (χ0v) is 11.2. The minimum Gasteiger partial charge on any atom is -0.377 e. The van der Waals surface area contributed by atoms with Crippen molar-refractivity contribution in [2.24, 2.45) is 5.92 Å². The molecule has 2 aliphatic carbocycles. The van der Waals surface area contributed by atoms with Crippen molar-refractivity contribution in [2.75, 3.05) is 20.2 Å². The van der Waals surface area contributed by atoms with Gasteiger partial charge in [-0.05, 0) is 58.5 Å². The summed E-state index contributed by atoms with van der Waals surface area (Å²) >= 11 is 0. The fourth-order valence-corrected chi connectivity index (χ4v) is 3.43. The van der Waals surface area contributed by atoms with Gasteiger partial charge in [-0.25, -0.2) is 0 Å². The first-order valence-corrected chi connectivity index (χ1v) is 7.32. The van der Waals surface area contributed by atoms with Crippen molar-refractivity contribution in [3.05, 3.63) is 0 Å². The number of hydrogen-bond donors (Lipinski definition) is 1. The van der Waals surface area contributed by atoms with Gasteiger partial charge >= 0.3 is 0 Å². The van der Waals surface area contributed by atoms with Gasteiger partial charge in [0.2, 0.25) is 0 Å². The van der Waals surface area contributed by atoms with Crippen LogP contribution in [-0.2, 0) is 4.74 Å². The van der Waals surface area contributed by atoms with E-state index in [-0.39, 0.29) is 0 Å². The van der Waals surface area contributed by atoms with Gasteiger partial charge in [-0.3, -0.25) is 4.90 Å². The second kappa shape index (κ2) is 4.87. The Kier molecular flexibility index (Phi) is 3.42. The van der Waals surface area contributed by atoms with Gasteiger partial charge in [-0.1, -0.05) is 0 Å². The van der Waals surface area contributed by atoms with Crippen LogP contribution >= 0.6 is 0 Å². The fraction of sp³-hybridized carbons (Fsp3) is 1.00. The van der Waals surface area contributed by atoms with Crippen molar-refractivity contribution >= 4 is 0 Å². The quantitative estimate of drug-likeness (QED) is 0.788. The van der Waals surface area contributed by atoms with Crippen LogP contribution in [0.3, 0.4) is 0 Å². The Morgan fingerprint density at radius 1 is 1.12 bits per heavy atom. The average Bonchev–Trinajstić information content (AvgIpc) is 2.98. The first-order valence-electron chi connectivity index (χ1n) is 7.32. The first kappa shape index (κ1) is 11.9. The fourth-order valence-electron chi connectivity index (χ4n) is 3.43. The van der Waals surface area contributed by atoms with Gasteiger partial charge in [0, 0.05) is 24.7 Å². The summed E-state index contributed by atoms with van der Waals surface area (Å²) in [7, 11) is 2.31. The van der Waals surface area contributed by atoms with Gasteiger partial charge in [0.15, 0.2) is 0 Å². The van der Waals surface area contributed by atoms with Crippen molar-refractivity contribution in [1.82, 2.24) is 10.2 Å². The molecule has 0 aromatic carbocycles. The molecule has 3 heteroatoms. The number of nitrogens with one attached hydrogen (secondary N) is 1. The SMILES string of the molecule is CC1OCCC1N(C)C1CCC1CNC1CC1. The molecule has 3 fully saturated rings. The first-order chi connectivity index (χ1) is 8.25. The molecule has 0 radical (unpaired) electrons. The Hall–Kier alpha value is -0.120. The maximum atomic E-state index is 5.69. The number of nitrogens with zero attached hydrogens (tertiary/aromatic N) is 1. The van der Waals surface area contributed by atoms with Crippen molar-refractivity contribution < 1.29 is 4.74 Å². The van der Waals surface area contributed by atoms with Crippen LogP contribution in [0.25, 0.3) is 0 Å². The van der Waals surface area contributed by atoms with E-state index < -0.39 is 0 Å². The molecule has 1 N–H and O–H groups in total. The number of hydrogen-bond acceptors (Lipinski definition) is 3. The molecule has 4 atom stereocenters. The summed E-state index contributed by atoms with van der Waals surface area (Å²) in [5, 5.41) is 3.69. The lowest BCUT2D eigenvalue weighted by Crippen LogP contribution is -2.54. The highest BCUT2D eigenvalue weighted by molar-refractivity contribution is 4.95. The highest BCUT2D eigenvalue weighted by Crippen LogP contribution is 2.35. The predicted octanol–water partition coefficient (Wildman–Crippen LogP) is 1.63. The van der Waals surface area contributed by atoms with E-state index in [1.54, 1.807) is 0 Å². The summed E-state index contributed by atoms with van der Waals surface area (Å²) in [5.74, 6) is 0.883. The highest BCUT2D eigenvalue weighted by atomic mass is 16.5. The molecule has 4 unspecified atom stereocenters. The van der Waals surface area contributed by atoms with Crippen LogP contribution in [0.4, 0.5) is 0 Å². The topological polar surface area (TPSA) is 24.5 Å². The summed E-state index contributed by atoms with van der Waals surface area (Å²) < 4.78 is 5.69. The molecule has 17 heavy (non-hydrogen) atoms. The van der Waals surface area contributed by atoms with Gasteiger partial charge in [0.25, 0.3) is 0 Å². The third-order valence-corrected chi connectivity index (χ3v) is 5.01. The third-order valence-electron chi connectivity index (χ3n) is 5.01. The standard InChI is InChI=1S/C14H26N2O/c1-10-13(7-8-17-10)16(2)14-6-3-11(14)9-15-12-4-5-12/h10-15H,3-9H2,1-2H3. The summed E-state index contributed by atoms with van der Waals surface area (Å²) in [5.41, 5.74) is 0. The van der Waals surface area contributed by atoms with E-state index in [1.165, 1.54) is 38.6 Å². The molecule has 0 aromatic heterocycles. The smallest absolute Gasteiger partial charge is 0.0703 e. The molecule has 2 saturated carbocycles. The Morgan fingerprint density at radius 2 is 1.94 bits per heavy atom. The maximum absolute atomic E-state index is 5.69. The Labute approximate surface area is 105 Å².